The highest BCUT2D eigenvalue weighted by Gasteiger charge is 2.37. The SMILES string of the molecule is Cc1cc(NC(=O)C2=C[C@@H](c3ccc4c(c3)OCO4)C[C@@H](OCc3ccc(CO)cc3)O2)ccc1N1C(=O)c2ccc(Cl)cc2C1=O. The van der Waals surface area contributed by atoms with Gasteiger partial charge in [-0.05, 0) is 83.8 Å². The summed E-state index contributed by atoms with van der Waals surface area (Å²) in [4.78, 5) is 40.9. The lowest BCUT2D eigenvalue weighted by molar-refractivity contribution is -0.147. The zero-order valence-corrected chi connectivity index (χ0v) is 26.0. The largest absolute Gasteiger partial charge is 0.459 e. The van der Waals surface area contributed by atoms with Crippen molar-refractivity contribution in [1.82, 2.24) is 0 Å². The maximum absolute atomic E-state index is 13.6. The topological polar surface area (TPSA) is 124 Å². The summed E-state index contributed by atoms with van der Waals surface area (Å²) in [6.07, 6.45) is 1.47. The quantitative estimate of drug-likeness (QED) is 0.215. The summed E-state index contributed by atoms with van der Waals surface area (Å²) in [5.41, 5.74) is 4.59. The first-order chi connectivity index (χ1) is 22.8. The molecule has 2 atom stereocenters. The molecule has 47 heavy (non-hydrogen) atoms. The number of nitrogens with zero attached hydrogens (tertiary/aromatic N) is 1. The van der Waals surface area contributed by atoms with Gasteiger partial charge in [-0.25, -0.2) is 4.90 Å². The van der Waals surface area contributed by atoms with Crippen molar-refractivity contribution in [3.8, 4) is 11.5 Å². The highest BCUT2D eigenvalue weighted by atomic mass is 35.5. The van der Waals surface area contributed by atoms with E-state index >= 15 is 0 Å². The summed E-state index contributed by atoms with van der Waals surface area (Å²) in [6, 6.07) is 22.6. The lowest BCUT2D eigenvalue weighted by Crippen LogP contribution is -2.30. The number of fused-ring (bicyclic) bond motifs is 2. The third-order valence-corrected chi connectivity index (χ3v) is 8.53. The lowest BCUT2D eigenvalue weighted by Gasteiger charge is -2.29. The Morgan fingerprint density at radius 2 is 1.70 bits per heavy atom. The maximum Gasteiger partial charge on any atom is 0.290 e. The molecule has 4 aromatic rings. The molecule has 0 radical (unpaired) electrons. The van der Waals surface area contributed by atoms with Crippen LogP contribution in [0, 0.1) is 6.92 Å². The van der Waals surface area contributed by atoms with Gasteiger partial charge in [-0.3, -0.25) is 14.4 Å². The first-order valence-electron chi connectivity index (χ1n) is 15.0. The van der Waals surface area contributed by atoms with Gasteiger partial charge in [-0.15, -0.1) is 0 Å². The van der Waals surface area contributed by atoms with E-state index in [0.717, 1.165) is 21.6 Å². The van der Waals surface area contributed by atoms with Crippen LogP contribution < -0.4 is 19.7 Å². The van der Waals surface area contributed by atoms with Gasteiger partial charge in [0.15, 0.2) is 17.3 Å². The molecule has 0 aromatic heterocycles. The van der Waals surface area contributed by atoms with Gasteiger partial charge in [-0.2, -0.15) is 0 Å². The van der Waals surface area contributed by atoms with Crippen LogP contribution in [0.3, 0.4) is 0 Å². The van der Waals surface area contributed by atoms with Crippen LogP contribution in [0.25, 0.3) is 0 Å². The number of aliphatic hydroxyl groups excluding tert-OH is 1. The molecule has 4 aromatic carbocycles. The summed E-state index contributed by atoms with van der Waals surface area (Å²) in [6.45, 7) is 2.10. The monoisotopic (exact) mass is 652 g/mol. The number of halogens is 1. The number of aliphatic hydroxyl groups is 1. The van der Waals surface area contributed by atoms with Crippen molar-refractivity contribution in [2.75, 3.05) is 17.0 Å². The molecule has 3 heterocycles. The molecule has 238 valence electrons. The average molecular weight is 653 g/mol. The van der Waals surface area contributed by atoms with E-state index in [1.54, 1.807) is 43.3 Å². The standard InChI is InChI=1S/C36H29ClN2O8/c1-20-12-26(8-10-29(20)39-35(42)27-9-7-25(37)16-28(27)36(39)43)38-34(41)32-14-24(23-6-11-30-31(13-23)46-19-45-30)15-33(47-32)44-18-22-4-2-21(17-40)3-5-22/h2-14,16,24,33,40H,15,17-19H2,1H3,(H,38,41)/t24-,33+/m1/s1. The number of nitrogens with one attached hydrogen (secondary N) is 1. The molecule has 7 rings (SSSR count). The van der Waals surface area contributed by atoms with Gasteiger partial charge < -0.3 is 29.4 Å². The van der Waals surface area contributed by atoms with Crippen LogP contribution >= 0.6 is 11.6 Å². The molecule has 0 saturated heterocycles. The normalized spacial score (nSPS) is 18.1. The van der Waals surface area contributed by atoms with Gasteiger partial charge >= 0.3 is 0 Å². The van der Waals surface area contributed by atoms with E-state index in [1.807, 2.05) is 42.5 Å². The van der Waals surface area contributed by atoms with E-state index in [1.165, 1.54) is 6.07 Å². The number of benzene rings is 4. The first-order valence-corrected chi connectivity index (χ1v) is 15.3. The van der Waals surface area contributed by atoms with Gasteiger partial charge in [0.2, 0.25) is 13.1 Å². The Labute approximate surface area is 275 Å². The fourth-order valence-corrected chi connectivity index (χ4v) is 6.01. The lowest BCUT2D eigenvalue weighted by atomic mass is 9.92. The van der Waals surface area contributed by atoms with E-state index < -0.39 is 24.0 Å². The molecule has 2 N–H and O–H groups in total. The van der Waals surface area contributed by atoms with Crippen molar-refractivity contribution in [2.24, 2.45) is 0 Å². The molecule has 11 heteroatoms. The molecule has 3 amide bonds. The number of aryl methyl sites for hydroxylation is 1. The number of hydrogen-bond donors (Lipinski definition) is 2. The molecule has 0 saturated carbocycles. The minimum absolute atomic E-state index is 0.0479. The number of carbonyl (C=O) groups excluding carboxylic acids is 3. The van der Waals surface area contributed by atoms with Gasteiger partial charge in [0.1, 0.15) is 0 Å². The van der Waals surface area contributed by atoms with Crippen molar-refractivity contribution in [2.45, 2.75) is 38.8 Å². The zero-order valence-electron chi connectivity index (χ0n) is 25.2. The molecule has 3 aliphatic rings. The fourth-order valence-electron chi connectivity index (χ4n) is 5.83. The molecule has 0 unspecified atom stereocenters. The molecular weight excluding hydrogens is 624 g/mol. The smallest absolute Gasteiger partial charge is 0.290 e. The van der Waals surface area contributed by atoms with E-state index in [4.69, 9.17) is 30.5 Å². The number of imide groups is 1. The summed E-state index contributed by atoms with van der Waals surface area (Å²) in [5.74, 6) is -0.243. The van der Waals surface area contributed by atoms with Crippen LogP contribution in [0.2, 0.25) is 5.02 Å². The Morgan fingerprint density at radius 3 is 2.49 bits per heavy atom. The van der Waals surface area contributed by atoms with E-state index in [-0.39, 0.29) is 42.8 Å². The van der Waals surface area contributed by atoms with Gasteiger partial charge in [0, 0.05) is 23.0 Å². The third kappa shape index (κ3) is 6.06. The second kappa shape index (κ2) is 12.6. The highest BCUT2D eigenvalue weighted by Crippen LogP contribution is 2.39. The molecule has 0 aliphatic carbocycles. The predicted molar refractivity (Wildman–Crippen MR) is 172 cm³/mol. The fraction of sp³-hybridized carbons (Fsp3) is 0.194. The number of amides is 3. The zero-order chi connectivity index (χ0) is 32.7. The molecular formula is C36H29ClN2O8. The number of anilines is 2. The molecule has 0 spiro atoms. The van der Waals surface area contributed by atoms with Crippen molar-refractivity contribution in [3.05, 3.63) is 129 Å². The maximum atomic E-state index is 13.6. The molecule has 0 fully saturated rings. The number of carbonyl (C=O) groups is 3. The van der Waals surface area contributed by atoms with Crippen LogP contribution in [0.5, 0.6) is 11.5 Å². The van der Waals surface area contributed by atoms with Crippen molar-refractivity contribution in [3.63, 3.8) is 0 Å². The Balaban J connectivity index is 1.10. The van der Waals surface area contributed by atoms with Crippen LogP contribution in [-0.4, -0.2) is 35.9 Å². The van der Waals surface area contributed by atoms with E-state index in [0.29, 0.717) is 39.9 Å². The predicted octanol–water partition coefficient (Wildman–Crippen LogP) is 6.24. The number of hydrogen-bond acceptors (Lipinski definition) is 8. The third-order valence-electron chi connectivity index (χ3n) is 8.29. The van der Waals surface area contributed by atoms with Crippen LogP contribution in [0.4, 0.5) is 11.4 Å². The Morgan fingerprint density at radius 1 is 0.936 bits per heavy atom. The highest BCUT2D eigenvalue weighted by molar-refractivity contribution is 6.37. The van der Waals surface area contributed by atoms with Gasteiger partial charge in [0.05, 0.1) is 30.0 Å². The number of rotatable bonds is 8. The summed E-state index contributed by atoms with van der Waals surface area (Å²) in [5, 5.41) is 12.6. The first kappa shape index (κ1) is 30.5. The molecule has 0 bridgehead atoms. The van der Waals surface area contributed by atoms with Gasteiger partial charge in [0.25, 0.3) is 17.7 Å². The summed E-state index contributed by atoms with van der Waals surface area (Å²) >= 11 is 6.06. The van der Waals surface area contributed by atoms with Crippen LogP contribution in [-0.2, 0) is 27.5 Å². The van der Waals surface area contributed by atoms with Crippen molar-refractivity contribution in [1.29, 1.82) is 0 Å². The minimum atomic E-state index is -0.736. The van der Waals surface area contributed by atoms with Crippen LogP contribution in [0.1, 0.15) is 55.3 Å². The summed E-state index contributed by atoms with van der Waals surface area (Å²) in [7, 11) is 0. The van der Waals surface area contributed by atoms with Crippen molar-refractivity contribution < 1.29 is 38.4 Å². The summed E-state index contributed by atoms with van der Waals surface area (Å²) < 4.78 is 23.2. The second-order valence-electron chi connectivity index (χ2n) is 11.4. The minimum Gasteiger partial charge on any atom is -0.459 e. The van der Waals surface area contributed by atoms with E-state index in [2.05, 4.69) is 5.32 Å². The number of allylic oxidation sites excluding steroid dienone is 1. The second-order valence-corrected chi connectivity index (χ2v) is 11.8. The van der Waals surface area contributed by atoms with E-state index in [9.17, 15) is 19.5 Å². The number of ether oxygens (including phenoxy) is 4. The average Bonchev–Trinajstić information content (AvgIpc) is 3.65. The Bertz CT molecular complexity index is 1940. The van der Waals surface area contributed by atoms with Crippen molar-refractivity contribution >= 4 is 40.7 Å². The molecule has 10 nitrogen and oxygen atoms in total. The van der Waals surface area contributed by atoms with Crippen LogP contribution in [0.15, 0.2) is 90.7 Å². The Hall–Kier alpha value is -5.16. The Kier molecular flexibility index (Phi) is 8.15. The molecule has 3 aliphatic heterocycles. The van der Waals surface area contributed by atoms with Gasteiger partial charge in [-0.1, -0.05) is 41.9 Å².